The molecule has 3 aromatic carbocycles. The van der Waals surface area contributed by atoms with Gasteiger partial charge in [0.15, 0.2) is 0 Å². The Bertz CT molecular complexity index is 1250. The summed E-state index contributed by atoms with van der Waals surface area (Å²) in [5.74, 6) is 15.3. The minimum absolute atomic E-state index is 0.778. The Morgan fingerprint density at radius 1 is 0.477 bits per heavy atom. The van der Waals surface area contributed by atoms with Crippen LogP contribution in [0.2, 0.25) is 0 Å². The van der Waals surface area contributed by atoms with Crippen molar-refractivity contribution in [3.05, 3.63) is 82.9 Å². The minimum atomic E-state index is 0.778. The Labute approximate surface area is 276 Å². The zero-order valence-corrected chi connectivity index (χ0v) is 28.9. The molecule has 2 nitrogen and oxygen atoms in total. The molecule has 0 unspecified atom stereocenters. The Kier molecular flexibility index (Phi) is 17.6. The van der Waals surface area contributed by atoms with E-state index in [2.05, 4.69) is 62.2 Å². The highest BCUT2D eigenvalue weighted by Gasteiger charge is 2.07. The van der Waals surface area contributed by atoms with Gasteiger partial charge in [0.1, 0.15) is 11.5 Å². The van der Waals surface area contributed by atoms with Crippen molar-refractivity contribution in [2.45, 2.75) is 101 Å². The highest BCUT2D eigenvalue weighted by atomic mass is 32.2. The minimum Gasteiger partial charge on any atom is -0.494 e. The smallest absolute Gasteiger partial charge is 0.119 e. The quantitative estimate of drug-likeness (QED) is 0.0794. The molecule has 0 amide bonds. The summed E-state index contributed by atoms with van der Waals surface area (Å²) in [6.07, 6.45) is 19.4. The van der Waals surface area contributed by atoms with Gasteiger partial charge in [0.2, 0.25) is 0 Å². The maximum Gasteiger partial charge on any atom is 0.119 e. The normalized spacial score (nSPS) is 10.5. The van der Waals surface area contributed by atoms with E-state index in [1.165, 1.54) is 64.2 Å². The van der Waals surface area contributed by atoms with Gasteiger partial charge in [-0.05, 0) is 86.0 Å². The van der Waals surface area contributed by atoms with Crippen molar-refractivity contribution in [2.75, 3.05) is 25.7 Å². The van der Waals surface area contributed by atoms with Crippen LogP contribution in [-0.2, 0) is 0 Å². The third kappa shape index (κ3) is 13.4. The van der Waals surface area contributed by atoms with Gasteiger partial charge in [-0.2, -0.15) is 0 Å². The standard InChI is InChI=1S/C40H50O2S2/c1-5-7-9-11-13-15-29-41-37-25-19-33(20-26-37)17-23-35-31-40(44-4)36(32-39(35)43-3)24-18-34-21-27-38(28-22-34)42-30-16-14-12-10-8-6-2/h19-22,25-28,31-32H,5-16,29-30H2,1-4H3. The molecule has 0 saturated carbocycles. The topological polar surface area (TPSA) is 18.5 Å². The molecule has 3 aromatic rings. The summed E-state index contributed by atoms with van der Waals surface area (Å²) in [4.78, 5) is 2.27. The largest absolute Gasteiger partial charge is 0.494 e. The molecule has 0 spiro atoms. The Balaban J connectivity index is 1.57. The summed E-state index contributed by atoms with van der Waals surface area (Å²) in [5, 5.41) is 0. The van der Waals surface area contributed by atoms with Gasteiger partial charge in [-0.15, -0.1) is 23.5 Å². The summed E-state index contributed by atoms with van der Waals surface area (Å²) in [7, 11) is 0. The van der Waals surface area contributed by atoms with Crippen molar-refractivity contribution in [2.24, 2.45) is 0 Å². The van der Waals surface area contributed by atoms with E-state index in [4.69, 9.17) is 9.47 Å². The van der Waals surface area contributed by atoms with Crippen LogP contribution in [0.5, 0.6) is 11.5 Å². The van der Waals surface area contributed by atoms with Crippen LogP contribution < -0.4 is 9.47 Å². The summed E-state index contributed by atoms with van der Waals surface area (Å²) >= 11 is 3.41. The molecule has 0 bridgehead atoms. The molecule has 0 radical (unpaired) electrons. The van der Waals surface area contributed by atoms with E-state index in [-0.39, 0.29) is 0 Å². The second kappa shape index (κ2) is 21.7. The SMILES string of the molecule is CCCCCCCCOc1ccc(C#Cc2cc(SC)c(C#Cc3ccc(OCCCCCCCC)cc3)cc2SC)cc1. The second-order valence-electron chi connectivity index (χ2n) is 11.0. The molecule has 0 aromatic heterocycles. The van der Waals surface area contributed by atoms with Crippen LogP contribution in [0.1, 0.15) is 113 Å². The highest BCUT2D eigenvalue weighted by molar-refractivity contribution is 7.99. The maximum atomic E-state index is 5.93. The number of rotatable bonds is 18. The summed E-state index contributed by atoms with van der Waals surface area (Å²) in [6, 6.07) is 20.6. The number of hydrogen-bond donors (Lipinski definition) is 0. The lowest BCUT2D eigenvalue weighted by Crippen LogP contribution is -1.97. The number of benzene rings is 3. The van der Waals surface area contributed by atoms with E-state index in [0.29, 0.717) is 0 Å². The fourth-order valence-electron chi connectivity index (χ4n) is 4.79. The zero-order chi connectivity index (χ0) is 31.2. The Morgan fingerprint density at radius 3 is 1.20 bits per heavy atom. The van der Waals surface area contributed by atoms with Gasteiger partial charge >= 0.3 is 0 Å². The molecule has 3 rings (SSSR count). The molecular weight excluding hydrogens is 577 g/mol. The number of hydrogen-bond acceptors (Lipinski definition) is 4. The van der Waals surface area contributed by atoms with Crippen LogP contribution in [0.15, 0.2) is 70.5 Å². The predicted octanol–water partition coefficient (Wildman–Crippen LogP) is 11.4. The van der Waals surface area contributed by atoms with Gasteiger partial charge in [0.25, 0.3) is 0 Å². The first kappa shape index (κ1) is 35.6. The maximum absolute atomic E-state index is 5.93. The first-order valence-electron chi connectivity index (χ1n) is 16.4. The molecule has 0 atom stereocenters. The van der Waals surface area contributed by atoms with Crippen molar-refractivity contribution < 1.29 is 9.47 Å². The molecule has 0 aliphatic heterocycles. The third-order valence-electron chi connectivity index (χ3n) is 7.45. The van der Waals surface area contributed by atoms with Crippen LogP contribution >= 0.6 is 23.5 Å². The van der Waals surface area contributed by atoms with Crippen molar-refractivity contribution in [3.63, 3.8) is 0 Å². The first-order chi connectivity index (χ1) is 21.7. The number of thioether (sulfide) groups is 2. The molecule has 0 aliphatic rings. The van der Waals surface area contributed by atoms with Crippen molar-refractivity contribution >= 4 is 23.5 Å². The van der Waals surface area contributed by atoms with E-state index < -0.39 is 0 Å². The summed E-state index contributed by atoms with van der Waals surface area (Å²) < 4.78 is 11.9. The Morgan fingerprint density at radius 2 is 0.841 bits per heavy atom. The van der Waals surface area contributed by atoms with Crippen LogP contribution in [0.4, 0.5) is 0 Å². The fraction of sp³-hybridized carbons (Fsp3) is 0.450. The van der Waals surface area contributed by atoms with E-state index in [0.717, 1.165) is 69.6 Å². The average Bonchev–Trinajstić information content (AvgIpc) is 3.06. The molecule has 0 saturated heterocycles. The first-order valence-corrected chi connectivity index (χ1v) is 18.9. The van der Waals surface area contributed by atoms with Crippen LogP contribution in [0, 0.1) is 23.7 Å². The van der Waals surface area contributed by atoms with Gasteiger partial charge in [-0.3, -0.25) is 0 Å². The van der Waals surface area contributed by atoms with Crippen molar-refractivity contribution in [1.82, 2.24) is 0 Å². The second-order valence-corrected chi connectivity index (χ2v) is 12.7. The van der Waals surface area contributed by atoms with Crippen molar-refractivity contribution in [3.8, 4) is 35.2 Å². The molecular formula is C40H50O2S2. The molecule has 0 aliphatic carbocycles. The average molecular weight is 627 g/mol. The van der Waals surface area contributed by atoms with Gasteiger partial charge in [0.05, 0.1) is 13.2 Å². The van der Waals surface area contributed by atoms with Crippen molar-refractivity contribution in [1.29, 1.82) is 0 Å². The van der Waals surface area contributed by atoms with Crippen LogP contribution in [0.25, 0.3) is 0 Å². The van der Waals surface area contributed by atoms with E-state index >= 15 is 0 Å². The highest BCUT2D eigenvalue weighted by Crippen LogP contribution is 2.29. The lowest BCUT2D eigenvalue weighted by atomic mass is 10.1. The van der Waals surface area contributed by atoms with Gasteiger partial charge in [-0.25, -0.2) is 0 Å². The van der Waals surface area contributed by atoms with E-state index in [1.807, 2.05) is 48.5 Å². The van der Waals surface area contributed by atoms with Gasteiger partial charge < -0.3 is 9.47 Å². The lowest BCUT2D eigenvalue weighted by molar-refractivity contribution is 0.304. The van der Waals surface area contributed by atoms with E-state index in [9.17, 15) is 0 Å². The Hall–Kier alpha value is -2.92. The number of ether oxygens (including phenoxy) is 2. The lowest BCUT2D eigenvalue weighted by Gasteiger charge is -2.08. The van der Waals surface area contributed by atoms with Crippen LogP contribution in [0.3, 0.4) is 0 Å². The molecule has 0 N–H and O–H groups in total. The third-order valence-corrected chi connectivity index (χ3v) is 9.00. The molecule has 0 heterocycles. The summed E-state index contributed by atoms with van der Waals surface area (Å²) in [6.45, 7) is 6.06. The van der Waals surface area contributed by atoms with Gasteiger partial charge in [0, 0.05) is 32.0 Å². The number of unbranched alkanes of at least 4 members (excludes halogenated alkanes) is 10. The summed E-state index contributed by atoms with van der Waals surface area (Å²) in [5.41, 5.74) is 4.03. The molecule has 4 heteroatoms. The van der Waals surface area contributed by atoms with Gasteiger partial charge in [-0.1, -0.05) is 102 Å². The molecule has 44 heavy (non-hydrogen) atoms. The van der Waals surface area contributed by atoms with E-state index in [1.54, 1.807) is 23.5 Å². The zero-order valence-electron chi connectivity index (χ0n) is 27.3. The molecule has 0 fully saturated rings. The van der Waals surface area contributed by atoms with Crippen LogP contribution in [-0.4, -0.2) is 25.7 Å². The fourth-order valence-corrected chi connectivity index (χ4v) is 5.92. The monoisotopic (exact) mass is 626 g/mol. The molecule has 234 valence electrons. The predicted molar refractivity (Wildman–Crippen MR) is 193 cm³/mol.